The van der Waals surface area contributed by atoms with Crippen molar-refractivity contribution in [1.82, 2.24) is 0 Å². The summed E-state index contributed by atoms with van der Waals surface area (Å²) >= 11 is 0. The van der Waals surface area contributed by atoms with Gasteiger partial charge in [-0.3, -0.25) is 5.43 Å². The molecular formula is C19H11F5N4. The first-order chi connectivity index (χ1) is 13.5. The van der Waals surface area contributed by atoms with Gasteiger partial charge in [0.05, 0.1) is 11.4 Å². The Labute approximate surface area is 156 Å². The van der Waals surface area contributed by atoms with Crippen LogP contribution in [-0.4, -0.2) is 5.84 Å². The monoisotopic (exact) mass is 390 g/mol. The van der Waals surface area contributed by atoms with Gasteiger partial charge in [-0.15, -0.1) is 10.2 Å². The number of amidine groups is 1. The van der Waals surface area contributed by atoms with Crippen molar-refractivity contribution < 1.29 is 22.0 Å². The Morgan fingerprint density at radius 3 is 1.71 bits per heavy atom. The van der Waals surface area contributed by atoms with Gasteiger partial charge < -0.3 is 0 Å². The Kier molecular flexibility index (Phi) is 5.73. The lowest BCUT2D eigenvalue weighted by Crippen LogP contribution is -2.13. The maximum Gasteiger partial charge on any atom is 0.207 e. The van der Waals surface area contributed by atoms with Crippen molar-refractivity contribution in [2.45, 2.75) is 0 Å². The number of rotatable bonds is 4. The van der Waals surface area contributed by atoms with Gasteiger partial charge >= 0.3 is 0 Å². The first-order valence-electron chi connectivity index (χ1n) is 7.86. The van der Waals surface area contributed by atoms with E-state index in [2.05, 4.69) is 20.8 Å². The molecule has 0 fully saturated rings. The second-order valence-electron chi connectivity index (χ2n) is 5.39. The molecule has 0 unspecified atom stereocenters. The maximum atomic E-state index is 14.2. The van der Waals surface area contributed by atoms with E-state index in [4.69, 9.17) is 0 Å². The molecule has 0 spiro atoms. The van der Waals surface area contributed by atoms with E-state index in [0.717, 1.165) is 0 Å². The van der Waals surface area contributed by atoms with Crippen LogP contribution in [-0.2, 0) is 0 Å². The van der Waals surface area contributed by atoms with Crippen molar-refractivity contribution in [3.8, 4) is 0 Å². The van der Waals surface area contributed by atoms with Crippen molar-refractivity contribution >= 4 is 17.2 Å². The number of hydrazone groups is 1. The van der Waals surface area contributed by atoms with E-state index in [-0.39, 0.29) is 0 Å². The van der Waals surface area contributed by atoms with Crippen LogP contribution in [0.3, 0.4) is 0 Å². The molecule has 0 radical (unpaired) electrons. The second kappa shape index (κ2) is 8.38. The standard InChI is InChI=1S/C19H11F5N4/c20-14-13(15(21)17(23)18(24)16(14)22)19(27-25-11-7-3-1-4-8-11)28-26-12-9-5-2-6-10-12/h1-10,25H. The molecule has 0 amide bonds. The number of halogens is 5. The number of para-hydroxylation sites is 1. The van der Waals surface area contributed by atoms with Crippen molar-refractivity contribution in [2.75, 3.05) is 5.43 Å². The van der Waals surface area contributed by atoms with E-state index in [1.807, 2.05) is 0 Å². The van der Waals surface area contributed by atoms with Crippen LogP contribution in [0.15, 0.2) is 76.0 Å². The van der Waals surface area contributed by atoms with E-state index in [1.165, 1.54) is 12.1 Å². The largest absolute Gasteiger partial charge is 0.276 e. The number of nitrogens with one attached hydrogen (secondary N) is 1. The molecule has 1 N–H and O–H groups in total. The average Bonchev–Trinajstić information content (AvgIpc) is 2.74. The third-order valence-electron chi connectivity index (χ3n) is 3.51. The molecular weight excluding hydrogens is 379 g/mol. The summed E-state index contributed by atoms with van der Waals surface area (Å²) in [4.78, 5) is 0. The second-order valence-corrected chi connectivity index (χ2v) is 5.39. The molecule has 4 nitrogen and oxygen atoms in total. The van der Waals surface area contributed by atoms with Crippen LogP contribution in [0.5, 0.6) is 0 Å². The molecule has 3 aromatic carbocycles. The molecule has 0 saturated heterocycles. The number of anilines is 1. The van der Waals surface area contributed by atoms with Gasteiger partial charge in [-0.2, -0.15) is 5.10 Å². The lowest BCUT2D eigenvalue weighted by Gasteiger charge is -2.08. The van der Waals surface area contributed by atoms with Crippen molar-refractivity contribution in [2.24, 2.45) is 15.3 Å². The highest BCUT2D eigenvalue weighted by molar-refractivity contribution is 6.00. The molecule has 3 rings (SSSR count). The molecule has 0 aromatic heterocycles. The summed E-state index contributed by atoms with van der Waals surface area (Å²) in [6, 6.07) is 16.2. The molecule has 0 heterocycles. The lowest BCUT2D eigenvalue weighted by molar-refractivity contribution is 0.377. The van der Waals surface area contributed by atoms with E-state index in [9.17, 15) is 22.0 Å². The molecule has 0 aliphatic rings. The smallest absolute Gasteiger partial charge is 0.207 e. The quantitative estimate of drug-likeness (QED) is 0.112. The van der Waals surface area contributed by atoms with Gasteiger partial charge in [-0.1, -0.05) is 36.4 Å². The summed E-state index contributed by atoms with van der Waals surface area (Å²) in [5, 5.41) is 11.0. The van der Waals surface area contributed by atoms with Crippen molar-refractivity contribution in [3.05, 3.63) is 95.3 Å². The van der Waals surface area contributed by atoms with Crippen LogP contribution in [0.4, 0.5) is 33.3 Å². The van der Waals surface area contributed by atoms with Gasteiger partial charge in [0.2, 0.25) is 11.7 Å². The number of benzene rings is 3. The van der Waals surface area contributed by atoms with Crippen LogP contribution < -0.4 is 5.43 Å². The molecule has 28 heavy (non-hydrogen) atoms. The van der Waals surface area contributed by atoms with E-state index in [1.54, 1.807) is 48.5 Å². The Bertz CT molecular complexity index is 1010. The Balaban J connectivity index is 2.10. The lowest BCUT2D eigenvalue weighted by atomic mass is 10.1. The predicted molar refractivity (Wildman–Crippen MR) is 93.8 cm³/mol. The molecule has 0 atom stereocenters. The van der Waals surface area contributed by atoms with E-state index < -0.39 is 40.5 Å². The van der Waals surface area contributed by atoms with Crippen LogP contribution in [0.2, 0.25) is 0 Å². The Morgan fingerprint density at radius 2 is 1.14 bits per heavy atom. The van der Waals surface area contributed by atoms with Gasteiger partial charge in [-0.05, 0) is 24.3 Å². The molecule has 0 aliphatic heterocycles. The van der Waals surface area contributed by atoms with Gasteiger partial charge in [0, 0.05) is 0 Å². The number of hydrogen-bond donors (Lipinski definition) is 1. The summed E-state index contributed by atoms with van der Waals surface area (Å²) in [7, 11) is 0. The fourth-order valence-corrected chi connectivity index (χ4v) is 2.16. The highest BCUT2D eigenvalue weighted by atomic mass is 19.2. The van der Waals surface area contributed by atoms with Crippen LogP contribution in [0, 0.1) is 29.1 Å². The highest BCUT2D eigenvalue weighted by Gasteiger charge is 2.29. The highest BCUT2D eigenvalue weighted by Crippen LogP contribution is 2.25. The zero-order valence-corrected chi connectivity index (χ0v) is 14.0. The Hall–Kier alpha value is -3.62. The van der Waals surface area contributed by atoms with Gasteiger partial charge in [0.1, 0.15) is 5.56 Å². The van der Waals surface area contributed by atoms with Crippen molar-refractivity contribution in [3.63, 3.8) is 0 Å². The minimum atomic E-state index is -2.27. The van der Waals surface area contributed by atoms with Gasteiger partial charge in [-0.25, -0.2) is 22.0 Å². The SMILES string of the molecule is Fc1c(F)c(F)c(C(N=Nc2ccccc2)=NNc2ccccc2)c(F)c1F. The topological polar surface area (TPSA) is 49.1 Å². The molecule has 9 heteroatoms. The fourth-order valence-electron chi connectivity index (χ4n) is 2.16. The van der Waals surface area contributed by atoms with Crippen molar-refractivity contribution in [1.29, 1.82) is 0 Å². The predicted octanol–water partition coefficient (Wildman–Crippen LogP) is 5.94. The molecule has 142 valence electrons. The summed E-state index contributed by atoms with van der Waals surface area (Å²) in [5.74, 6) is -11.4. The summed E-state index contributed by atoms with van der Waals surface area (Å²) in [6.07, 6.45) is 0. The average molecular weight is 390 g/mol. The van der Waals surface area contributed by atoms with Crippen LogP contribution >= 0.6 is 0 Å². The first-order valence-corrected chi connectivity index (χ1v) is 7.86. The van der Waals surface area contributed by atoms with Crippen LogP contribution in [0.1, 0.15) is 5.56 Å². The first kappa shape index (κ1) is 19.2. The zero-order chi connectivity index (χ0) is 20.1. The molecule has 0 saturated carbocycles. The summed E-state index contributed by atoms with van der Waals surface area (Å²) in [5.41, 5.74) is 1.85. The van der Waals surface area contributed by atoms with Gasteiger partial charge in [0.25, 0.3) is 0 Å². The van der Waals surface area contributed by atoms with Crippen LogP contribution in [0.25, 0.3) is 0 Å². The minimum absolute atomic E-state index is 0.291. The number of azo groups is 1. The normalized spacial score (nSPS) is 11.8. The maximum absolute atomic E-state index is 14.2. The van der Waals surface area contributed by atoms with E-state index >= 15 is 0 Å². The van der Waals surface area contributed by atoms with Gasteiger partial charge in [0.15, 0.2) is 23.3 Å². The number of hydrogen-bond acceptors (Lipinski definition) is 3. The summed E-state index contributed by atoms with van der Waals surface area (Å²) in [6.45, 7) is 0. The zero-order valence-electron chi connectivity index (χ0n) is 14.0. The minimum Gasteiger partial charge on any atom is -0.276 e. The summed E-state index contributed by atoms with van der Waals surface area (Å²) < 4.78 is 68.8. The third kappa shape index (κ3) is 4.03. The Morgan fingerprint density at radius 1 is 0.643 bits per heavy atom. The fraction of sp³-hybridized carbons (Fsp3) is 0. The molecule has 3 aromatic rings. The molecule has 0 aliphatic carbocycles. The molecule has 0 bridgehead atoms. The third-order valence-corrected chi connectivity index (χ3v) is 3.51. The number of nitrogens with zero attached hydrogens (tertiary/aromatic N) is 3. The van der Waals surface area contributed by atoms with E-state index in [0.29, 0.717) is 11.4 Å².